The van der Waals surface area contributed by atoms with Gasteiger partial charge in [0.2, 0.25) is 5.91 Å². The molecule has 0 aliphatic carbocycles. The standard InChI is InChI=1S/C8H11N7O/c1-6(16)9-4-5-10-7-2-3-8-11-13-14-15(8)12-7/h2-3H,4-5H2,1H3,(H,9,16)(H,10,12). The molecular weight excluding hydrogens is 210 g/mol. The van der Waals surface area contributed by atoms with Crippen LogP contribution in [0.25, 0.3) is 5.65 Å². The Bertz CT molecular complexity index is 494. The Kier molecular flexibility index (Phi) is 2.90. The van der Waals surface area contributed by atoms with E-state index in [0.717, 1.165) is 0 Å². The quantitative estimate of drug-likeness (QED) is 0.647. The number of carbonyl (C=O) groups is 1. The van der Waals surface area contributed by atoms with Crippen LogP contribution in [0.3, 0.4) is 0 Å². The molecule has 0 aromatic carbocycles. The molecule has 2 aromatic heterocycles. The predicted octanol–water partition coefficient (Wildman–Crippen LogP) is -0.933. The molecule has 2 heterocycles. The highest BCUT2D eigenvalue weighted by Crippen LogP contribution is 2.01. The van der Waals surface area contributed by atoms with E-state index in [-0.39, 0.29) is 5.91 Å². The van der Waals surface area contributed by atoms with Gasteiger partial charge in [0.15, 0.2) is 5.65 Å². The molecule has 0 saturated carbocycles. The number of nitrogens with one attached hydrogen (secondary N) is 2. The van der Waals surface area contributed by atoms with Crippen molar-refractivity contribution in [3.05, 3.63) is 12.1 Å². The summed E-state index contributed by atoms with van der Waals surface area (Å²) in [6.07, 6.45) is 0. The first-order valence-corrected chi connectivity index (χ1v) is 4.79. The predicted molar refractivity (Wildman–Crippen MR) is 55.8 cm³/mol. The maximum absolute atomic E-state index is 10.6. The van der Waals surface area contributed by atoms with Crippen molar-refractivity contribution in [2.75, 3.05) is 18.4 Å². The van der Waals surface area contributed by atoms with Crippen molar-refractivity contribution in [3.63, 3.8) is 0 Å². The van der Waals surface area contributed by atoms with Gasteiger partial charge in [0.25, 0.3) is 0 Å². The van der Waals surface area contributed by atoms with Gasteiger partial charge in [-0.15, -0.1) is 14.8 Å². The number of anilines is 1. The molecule has 2 N–H and O–H groups in total. The Morgan fingerprint density at radius 1 is 1.44 bits per heavy atom. The number of amides is 1. The molecule has 2 aromatic rings. The second-order valence-electron chi connectivity index (χ2n) is 3.15. The van der Waals surface area contributed by atoms with Crippen LogP contribution < -0.4 is 10.6 Å². The molecule has 2 rings (SSSR count). The summed E-state index contributed by atoms with van der Waals surface area (Å²) in [6, 6.07) is 3.53. The van der Waals surface area contributed by atoms with Gasteiger partial charge in [-0.05, 0) is 22.6 Å². The van der Waals surface area contributed by atoms with Gasteiger partial charge >= 0.3 is 0 Å². The van der Waals surface area contributed by atoms with Gasteiger partial charge in [0.05, 0.1) is 0 Å². The van der Waals surface area contributed by atoms with E-state index in [4.69, 9.17) is 0 Å². The smallest absolute Gasteiger partial charge is 0.216 e. The summed E-state index contributed by atoms with van der Waals surface area (Å²) in [6.45, 7) is 2.62. The minimum absolute atomic E-state index is 0.0503. The molecule has 0 fully saturated rings. The zero-order valence-corrected chi connectivity index (χ0v) is 8.71. The molecule has 16 heavy (non-hydrogen) atoms. The number of fused-ring (bicyclic) bond motifs is 1. The third kappa shape index (κ3) is 2.41. The lowest BCUT2D eigenvalue weighted by Gasteiger charge is -2.04. The van der Waals surface area contributed by atoms with Crippen LogP contribution in [0, 0.1) is 0 Å². The van der Waals surface area contributed by atoms with Crippen LogP contribution in [0.15, 0.2) is 12.1 Å². The molecule has 0 aliphatic heterocycles. The van der Waals surface area contributed by atoms with E-state index in [1.165, 1.54) is 11.6 Å². The van der Waals surface area contributed by atoms with E-state index in [9.17, 15) is 4.79 Å². The summed E-state index contributed by atoms with van der Waals surface area (Å²) in [5.74, 6) is 0.607. The molecule has 8 heteroatoms. The van der Waals surface area contributed by atoms with Crippen LogP contribution >= 0.6 is 0 Å². The third-order valence-corrected chi connectivity index (χ3v) is 1.87. The van der Waals surface area contributed by atoms with E-state index in [1.807, 2.05) is 0 Å². The van der Waals surface area contributed by atoms with Crippen LogP contribution in [0.2, 0.25) is 0 Å². The molecule has 0 spiro atoms. The summed E-state index contributed by atoms with van der Waals surface area (Å²) in [5, 5.41) is 20.7. The second-order valence-corrected chi connectivity index (χ2v) is 3.15. The van der Waals surface area contributed by atoms with Crippen molar-refractivity contribution in [2.24, 2.45) is 0 Å². The Morgan fingerprint density at radius 3 is 3.12 bits per heavy atom. The van der Waals surface area contributed by atoms with Crippen LogP contribution in [-0.2, 0) is 4.79 Å². The number of hydrogen-bond donors (Lipinski definition) is 2. The number of nitrogens with zero attached hydrogens (tertiary/aromatic N) is 5. The zero-order valence-electron chi connectivity index (χ0n) is 8.71. The number of carbonyl (C=O) groups excluding carboxylic acids is 1. The highest BCUT2D eigenvalue weighted by Gasteiger charge is 1.99. The Morgan fingerprint density at radius 2 is 2.31 bits per heavy atom. The van der Waals surface area contributed by atoms with Crippen molar-refractivity contribution in [1.82, 2.24) is 30.6 Å². The Hall–Kier alpha value is -2.25. The Balaban J connectivity index is 1.91. The summed E-state index contributed by atoms with van der Waals surface area (Å²) in [5.41, 5.74) is 0.590. The summed E-state index contributed by atoms with van der Waals surface area (Å²) < 4.78 is 1.33. The molecule has 0 saturated heterocycles. The summed E-state index contributed by atoms with van der Waals surface area (Å²) in [4.78, 5) is 10.6. The largest absolute Gasteiger partial charge is 0.367 e. The van der Waals surface area contributed by atoms with E-state index in [1.54, 1.807) is 12.1 Å². The highest BCUT2D eigenvalue weighted by molar-refractivity contribution is 5.72. The fraction of sp³-hybridized carbons (Fsp3) is 0.375. The fourth-order valence-corrected chi connectivity index (χ4v) is 1.17. The van der Waals surface area contributed by atoms with Crippen molar-refractivity contribution in [1.29, 1.82) is 0 Å². The van der Waals surface area contributed by atoms with Gasteiger partial charge in [-0.1, -0.05) is 0 Å². The summed E-state index contributed by atoms with van der Waals surface area (Å²) in [7, 11) is 0. The molecule has 8 nitrogen and oxygen atoms in total. The lowest BCUT2D eigenvalue weighted by molar-refractivity contribution is -0.118. The lowest BCUT2D eigenvalue weighted by Crippen LogP contribution is -2.26. The van der Waals surface area contributed by atoms with Gasteiger partial charge in [-0.3, -0.25) is 4.79 Å². The maximum Gasteiger partial charge on any atom is 0.216 e. The van der Waals surface area contributed by atoms with Crippen molar-refractivity contribution in [3.8, 4) is 0 Å². The highest BCUT2D eigenvalue weighted by atomic mass is 16.1. The van der Waals surface area contributed by atoms with Gasteiger partial charge in [0, 0.05) is 20.0 Å². The molecule has 0 unspecified atom stereocenters. The number of rotatable bonds is 4. The van der Waals surface area contributed by atoms with Crippen LogP contribution in [0.5, 0.6) is 0 Å². The molecule has 0 atom stereocenters. The molecule has 84 valence electrons. The minimum atomic E-state index is -0.0503. The van der Waals surface area contributed by atoms with Gasteiger partial charge in [-0.2, -0.15) is 0 Å². The third-order valence-electron chi connectivity index (χ3n) is 1.87. The molecular formula is C8H11N7O. The summed E-state index contributed by atoms with van der Waals surface area (Å²) >= 11 is 0. The van der Waals surface area contributed by atoms with Gasteiger partial charge in [-0.25, -0.2) is 0 Å². The fourth-order valence-electron chi connectivity index (χ4n) is 1.17. The van der Waals surface area contributed by atoms with Gasteiger partial charge < -0.3 is 10.6 Å². The Labute approximate surface area is 91.0 Å². The maximum atomic E-state index is 10.6. The van der Waals surface area contributed by atoms with E-state index >= 15 is 0 Å². The van der Waals surface area contributed by atoms with Crippen LogP contribution in [0.4, 0.5) is 5.82 Å². The SMILES string of the molecule is CC(=O)NCCNc1ccc2nnnn2n1. The van der Waals surface area contributed by atoms with E-state index in [2.05, 4.69) is 31.3 Å². The first-order valence-electron chi connectivity index (χ1n) is 4.79. The first kappa shape index (κ1) is 10.3. The van der Waals surface area contributed by atoms with Crippen molar-refractivity contribution >= 4 is 17.4 Å². The zero-order chi connectivity index (χ0) is 11.4. The average Bonchev–Trinajstić information content (AvgIpc) is 2.71. The van der Waals surface area contributed by atoms with Crippen molar-refractivity contribution < 1.29 is 4.79 Å². The van der Waals surface area contributed by atoms with Crippen LogP contribution in [0.1, 0.15) is 6.92 Å². The molecule has 0 aliphatic rings. The molecule has 0 radical (unpaired) electrons. The van der Waals surface area contributed by atoms with Crippen molar-refractivity contribution in [2.45, 2.75) is 6.92 Å². The second kappa shape index (κ2) is 4.51. The average molecular weight is 221 g/mol. The molecule has 1 amide bonds. The normalized spacial score (nSPS) is 10.3. The minimum Gasteiger partial charge on any atom is -0.367 e. The number of tetrazole rings is 1. The lowest BCUT2D eigenvalue weighted by atomic mass is 10.5. The van der Waals surface area contributed by atoms with Crippen LogP contribution in [-0.4, -0.2) is 44.3 Å². The number of aromatic nitrogens is 5. The molecule has 0 bridgehead atoms. The van der Waals surface area contributed by atoms with E-state index < -0.39 is 0 Å². The van der Waals surface area contributed by atoms with Gasteiger partial charge in [0.1, 0.15) is 5.82 Å². The monoisotopic (exact) mass is 221 g/mol. The first-order chi connectivity index (χ1) is 7.75. The van der Waals surface area contributed by atoms with E-state index in [0.29, 0.717) is 24.6 Å². The number of hydrogen-bond acceptors (Lipinski definition) is 6. The topological polar surface area (TPSA) is 97.1 Å².